The van der Waals surface area contributed by atoms with Crippen LogP contribution in [0.2, 0.25) is 0 Å². The highest BCUT2D eigenvalue weighted by Crippen LogP contribution is 2.11. The minimum Gasteiger partial charge on any atom is -0.481 e. The number of unbranched alkanes of at least 4 members (excludes halogenated alkanes) is 3. The molecule has 24 heavy (non-hydrogen) atoms. The van der Waals surface area contributed by atoms with E-state index in [4.69, 9.17) is 5.11 Å². The van der Waals surface area contributed by atoms with Crippen molar-refractivity contribution in [2.75, 3.05) is 0 Å². The number of carboxylic acid groups (broad SMARTS) is 1. The zero-order valence-electron chi connectivity index (χ0n) is 14.7. The molecule has 0 fully saturated rings. The van der Waals surface area contributed by atoms with E-state index >= 15 is 0 Å². The van der Waals surface area contributed by atoms with Gasteiger partial charge in [0.15, 0.2) is 0 Å². The van der Waals surface area contributed by atoms with E-state index in [1.165, 1.54) is 25.7 Å². The average Bonchev–Trinajstić information content (AvgIpc) is 2.55. The molecule has 0 saturated carbocycles. The van der Waals surface area contributed by atoms with Crippen molar-refractivity contribution in [1.29, 1.82) is 0 Å². The maximum Gasteiger partial charge on any atom is 0.303 e. The van der Waals surface area contributed by atoms with Gasteiger partial charge in [-0.1, -0.05) is 68.4 Å². The molecule has 0 aliphatic carbocycles. The molecule has 0 saturated heterocycles. The summed E-state index contributed by atoms with van der Waals surface area (Å²) in [6, 6.07) is 0. The quantitative estimate of drug-likeness (QED) is 0.176. The number of aliphatic hydroxyl groups is 1. The normalized spacial score (nSPS) is 15.1. The van der Waals surface area contributed by atoms with Crippen LogP contribution in [0.3, 0.4) is 0 Å². The minimum absolute atomic E-state index is 0.0824. The summed E-state index contributed by atoms with van der Waals surface area (Å²) in [5.74, 6) is -0.834. The number of hydrogen-bond acceptors (Lipinski definition) is 3. The highest BCUT2D eigenvalue weighted by molar-refractivity contribution is 7.81. The number of thiol groups is 1. The monoisotopic (exact) mass is 352 g/mol. The van der Waals surface area contributed by atoms with Crippen molar-refractivity contribution >= 4 is 18.6 Å². The Bertz CT molecular complexity index is 425. The lowest BCUT2D eigenvalue weighted by Crippen LogP contribution is -2.19. The SMILES string of the molecule is CCCCCC=CCC=CC=CC=CC(S)C(O)CCCC(=O)O. The Hall–Kier alpha value is -1.26. The van der Waals surface area contributed by atoms with Gasteiger partial charge in [-0.3, -0.25) is 4.79 Å². The van der Waals surface area contributed by atoms with Gasteiger partial charge in [-0.2, -0.15) is 12.6 Å². The van der Waals surface area contributed by atoms with Crippen LogP contribution in [0.5, 0.6) is 0 Å². The van der Waals surface area contributed by atoms with Crippen LogP contribution in [-0.2, 0) is 4.79 Å². The molecule has 2 atom stereocenters. The molecule has 0 spiro atoms. The van der Waals surface area contributed by atoms with Gasteiger partial charge >= 0.3 is 5.97 Å². The van der Waals surface area contributed by atoms with Gasteiger partial charge in [-0.15, -0.1) is 0 Å². The smallest absolute Gasteiger partial charge is 0.303 e. The summed E-state index contributed by atoms with van der Waals surface area (Å²) in [5.41, 5.74) is 0. The topological polar surface area (TPSA) is 57.5 Å². The van der Waals surface area contributed by atoms with Gasteiger partial charge < -0.3 is 10.2 Å². The van der Waals surface area contributed by atoms with Gasteiger partial charge in [0.1, 0.15) is 0 Å². The van der Waals surface area contributed by atoms with Gasteiger partial charge in [0.2, 0.25) is 0 Å². The van der Waals surface area contributed by atoms with Crippen molar-refractivity contribution < 1.29 is 15.0 Å². The Morgan fingerprint density at radius 3 is 2.50 bits per heavy atom. The number of allylic oxidation sites excluding steroid dienone is 7. The average molecular weight is 353 g/mol. The van der Waals surface area contributed by atoms with Crippen LogP contribution in [0.1, 0.15) is 58.3 Å². The lowest BCUT2D eigenvalue weighted by molar-refractivity contribution is -0.137. The minimum atomic E-state index is -0.834. The third kappa shape index (κ3) is 15.6. The summed E-state index contributed by atoms with van der Waals surface area (Å²) in [7, 11) is 0. The van der Waals surface area contributed by atoms with E-state index < -0.39 is 12.1 Å². The lowest BCUT2D eigenvalue weighted by Gasteiger charge is -2.13. The fourth-order valence-electron chi connectivity index (χ4n) is 2.03. The van der Waals surface area contributed by atoms with E-state index in [2.05, 4.69) is 37.8 Å². The van der Waals surface area contributed by atoms with E-state index in [1.807, 2.05) is 30.4 Å². The van der Waals surface area contributed by atoms with E-state index in [0.29, 0.717) is 12.8 Å². The van der Waals surface area contributed by atoms with E-state index in [9.17, 15) is 9.90 Å². The summed E-state index contributed by atoms with van der Waals surface area (Å²) >= 11 is 4.31. The number of aliphatic hydroxyl groups excluding tert-OH is 1. The number of hydrogen-bond donors (Lipinski definition) is 3. The van der Waals surface area contributed by atoms with Crippen molar-refractivity contribution in [3.8, 4) is 0 Å². The van der Waals surface area contributed by atoms with Crippen LogP contribution in [0.4, 0.5) is 0 Å². The molecule has 2 unspecified atom stereocenters. The second kappa shape index (κ2) is 16.6. The van der Waals surface area contributed by atoms with Gasteiger partial charge in [0.05, 0.1) is 6.10 Å². The Kier molecular flexibility index (Phi) is 15.7. The summed E-state index contributed by atoms with van der Waals surface area (Å²) in [6.45, 7) is 2.21. The predicted molar refractivity (Wildman–Crippen MR) is 106 cm³/mol. The van der Waals surface area contributed by atoms with Crippen molar-refractivity contribution in [1.82, 2.24) is 0 Å². The first kappa shape index (κ1) is 22.7. The first-order chi connectivity index (χ1) is 11.6. The number of carboxylic acids is 1. The molecule has 0 heterocycles. The Morgan fingerprint density at radius 1 is 1.04 bits per heavy atom. The number of aliphatic carboxylic acids is 1. The van der Waals surface area contributed by atoms with Gasteiger partial charge in [-0.25, -0.2) is 0 Å². The van der Waals surface area contributed by atoms with Crippen LogP contribution in [0, 0.1) is 0 Å². The fraction of sp³-hybridized carbons (Fsp3) is 0.550. The molecule has 4 heteroatoms. The summed E-state index contributed by atoms with van der Waals surface area (Å²) in [6.07, 6.45) is 22.3. The van der Waals surface area contributed by atoms with Crippen LogP contribution in [0.15, 0.2) is 48.6 Å². The highest BCUT2D eigenvalue weighted by Gasteiger charge is 2.12. The molecule has 0 aliphatic heterocycles. The first-order valence-corrected chi connectivity index (χ1v) is 9.32. The van der Waals surface area contributed by atoms with Gasteiger partial charge in [0.25, 0.3) is 0 Å². The molecule has 2 N–H and O–H groups in total. The maximum absolute atomic E-state index is 10.4. The molecular formula is C20H32O3S. The van der Waals surface area contributed by atoms with Crippen molar-refractivity contribution in [3.63, 3.8) is 0 Å². The van der Waals surface area contributed by atoms with Crippen LogP contribution < -0.4 is 0 Å². The van der Waals surface area contributed by atoms with Crippen molar-refractivity contribution in [2.45, 2.75) is 69.6 Å². The molecule has 0 rings (SSSR count). The van der Waals surface area contributed by atoms with Gasteiger partial charge in [0, 0.05) is 11.7 Å². The number of rotatable bonds is 14. The Morgan fingerprint density at radius 2 is 1.79 bits per heavy atom. The molecule has 0 aromatic rings. The molecule has 0 aromatic heterocycles. The Balaban J connectivity index is 3.81. The molecule has 0 bridgehead atoms. The zero-order valence-corrected chi connectivity index (χ0v) is 15.6. The predicted octanol–water partition coefficient (Wildman–Crippen LogP) is 5.10. The molecule has 0 aliphatic rings. The summed E-state index contributed by atoms with van der Waals surface area (Å²) in [5, 5.41) is 18.1. The first-order valence-electron chi connectivity index (χ1n) is 8.80. The largest absolute Gasteiger partial charge is 0.481 e. The molecular weight excluding hydrogens is 320 g/mol. The molecule has 0 amide bonds. The second-order valence-corrected chi connectivity index (χ2v) is 6.34. The van der Waals surface area contributed by atoms with Crippen molar-refractivity contribution in [2.24, 2.45) is 0 Å². The third-order valence-electron chi connectivity index (χ3n) is 3.48. The highest BCUT2D eigenvalue weighted by atomic mass is 32.1. The van der Waals surface area contributed by atoms with Crippen LogP contribution in [0.25, 0.3) is 0 Å². The molecule has 3 nitrogen and oxygen atoms in total. The van der Waals surface area contributed by atoms with Crippen LogP contribution in [-0.4, -0.2) is 27.5 Å². The second-order valence-electron chi connectivity index (χ2n) is 5.74. The zero-order chi connectivity index (χ0) is 18.0. The van der Waals surface area contributed by atoms with Gasteiger partial charge in [-0.05, 0) is 32.1 Å². The standard InChI is InChI=1S/C20H32O3S/c1-2-3-4-5-6-7-8-9-10-11-12-13-16-19(24)18(21)15-14-17-20(22)23/h6-7,9-13,16,18-19,21,24H,2-5,8,14-15,17H2,1H3,(H,22,23). The molecule has 136 valence electrons. The molecule has 0 aromatic carbocycles. The fourth-order valence-corrected chi connectivity index (χ4v) is 2.28. The van der Waals surface area contributed by atoms with E-state index in [-0.39, 0.29) is 11.7 Å². The maximum atomic E-state index is 10.4. The lowest BCUT2D eigenvalue weighted by atomic mass is 10.1. The van der Waals surface area contributed by atoms with Crippen molar-refractivity contribution in [3.05, 3.63) is 48.6 Å². The van der Waals surface area contributed by atoms with Crippen LogP contribution >= 0.6 is 12.6 Å². The number of carbonyl (C=O) groups is 1. The van der Waals surface area contributed by atoms with E-state index in [1.54, 1.807) is 0 Å². The summed E-state index contributed by atoms with van der Waals surface area (Å²) in [4.78, 5) is 10.4. The Labute approximate surface area is 152 Å². The van der Waals surface area contributed by atoms with E-state index in [0.717, 1.165) is 6.42 Å². The third-order valence-corrected chi connectivity index (χ3v) is 3.99. The molecule has 0 radical (unpaired) electrons. The summed E-state index contributed by atoms with van der Waals surface area (Å²) < 4.78 is 0.